The lowest BCUT2D eigenvalue weighted by Crippen LogP contribution is -2.34. The van der Waals surface area contributed by atoms with Gasteiger partial charge in [0.25, 0.3) is 5.91 Å². The van der Waals surface area contributed by atoms with Gasteiger partial charge in [-0.05, 0) is 86.4 Å². The zero-order chi connectivity index (χ0) is 23.8. The Balaban J connectivity index is 1.40. The third-order valence-electron chi connectivity index (χ3n) is 6.31. The van der Waals surface area contributed by atoms with Crippen molar-refractivity contribution in [3.63, 3.8) is 0 Å². The molecule has 0 radical (unpaired) electrons. The van der Waals surface area contributed by atoms with Crippen molar-refractivity contribution in [1.82, 2.24) is 15.4 Å². The van der Waals surface area contributed by atoms with Crippen molar-refractivity contribution in [3.8, 4) is 0 Å². The van der Waals surface area contributed by atoms with Crippen LogP contribution in [0, 0.1) is 5.92 Å². The van der Waals surface area contributed by atoms with Crippen LogP contribution in [0.15, 0.2) is 48.5 Å². The van der Waals surface area contributed by atoms with Gasteiger partial charge in [-0.1, -0.05) is 35.9 Å². The Morgan fingerprint density at radius 1 is 1.09 bits per heavy atom. The predicted octanol–water partition coefficient (Wildman–Crippen LogP) is 4.24. The van der Waals surface area contributed by atoms with Crippen LogP contribution in [-0.4, -0.2) is 40.2 Å². The molecule has 1 aliphatic carbocycles. The second-order valence-electron chi connectivity index (χ2n) is 8.94. The summed E-state index contributed by atoms with van der Waals surface area (Å²) in [6.45, 7) is 3.59. The molecule has 0 aromatic heterocycles. The number of rotatable bonds is 11. The number of sulfonamides is 1. The van der Waals surface area contributed by atoms with Gasteiger partial charge in [0.2, 0.25) is 10.0 Å². The van der Waals surface area contributed by atoms with E-state index in [1.807, 2.05) is 30.3 Å². The van der Waals surface area contributed by atoms with Crippen LogP contribution in [0.5, 0.6) is 0 Å². The van der Waals surface area contributed by atoms with E-state index in [0.29, 0.717) is 17.4 Å². The largest absolute Gasteiger partial charge is 0.351 e. The van der Waals surface area contributed by atoms with E-state index in [-0.39, 0.29) is 25.0 Å². The van der Waals surface area contributed by atoms with Crippen LogP contribution < -0.4 is 15.4 Å². The topological polar surface area (TPSA) is 87.3 Å². The van der Waals surface area contributed by atoms with Crippen LogP contribution >= 0.6 is 11.6 Å². The zero-order valence-electron chi connectivity index (χ0n) is 19.3. The van der Waals surface area contributed by atoms with E-state index in [0.717, 1.165) is 24.2 Å². The Morgan fingerprint density at radius 2 is 1.85 bits per heavy atom. The average Bonchev–Trinajstić information content (AvgIpc) is 3.25. The molecule has 2 aromatic rings. The molecule has 1 aliphatic rings. The lowest BCUT2D eigenvalue weighted by Gasteiger charge is -2.17. The molecule has 1 fully saturated rings. The molecular weight excluding hydrogens is 458 g/mol. The summed E-state index contributed by atoms with van der Waals surface area (Å²) in [5.74, 6) is 1.05. The number of hydrogen-bond acceptors (Lipinski definition) is 4. The van der Waals surface area contributed by atoms with E-state index in [9.17, 15) is 13.2 Å². The van der Waals surface area contributed by atoms with Crippen LogP contribution in [0.1, 0.15) is 66.1 Å². The molecule has 33 heavy (non-hydrogen) atoms. The Kier molecular flexibility index (Phi) is 9.32. The number of benzene rings is 2. The summed E-state index contributed by atoms with van der Waals surface area (Å²) >= 11 is 6.10. The molecule has 8 heteroatoms. The second-order valence-corrected chi connectivity index (χ2v) is 11.2. The molecule has 3 N–H and O–H groups in total. The maximum Gasteiger partial charge on any atom is 0.251 e. The summed E-state index contributed by atoms with van der Waals surface area (Å²) in [5.41, 5.74) is 3.09. The molecule has 1 saturated carbocycles. The van der Waals surface area contributed by atoms with E-state index < -0.39 is 10.0 Å². The summed E-state index contributed by atoms with van der Waals surface area (Å²) in [6, 6.07) is 16.1. The SMILES string of the molecule is C[C@@H](NCCC1CC[C@H](c2ccc(C(=O)NCCNS(C)(=O)=O)cc2)C1)c1cccc(Cl)c1. The predicted molar refractivity (Wildman–Crippen MR) is 134 cm³/mol. The zero-order valence-corrected chi connectivity index (χ0v) is 20.9. The van der Waals surface area contributed by atoms with Crippen molar-refractivity contribution in [2.45, 2.75) is 44.6 Å². The van der Waals surface area contributed by atoms with Gasteiger partial charge in [-0.3, -0.25) is 4.79 Å². The third-order valence-corrected chi connectivity index (χ3v) is 7.28. The Labute approximate surface area is 202 Å². The monoisotopic (exact) mass is 491 g/mol. The van der Waals surface area contributed by atoms with Crippen molar-refractivity contribution in [1.29, 1.82) is 0 Å². The number of nitrogens with one attached hydrogen (secondary N) is 3. The highest BCUT2D eigenvalue weighted by Crippen LogP contribution is 2.39. The van der Waals surface area contributed by atoms with E-state index in [1.54, 1.807) is 0 Å². The Bertz CT molecular complexity index is 1030. The number of halogens is 1. The molecule has 0 bridgehead atoms. The second kappa shape index (κ2) is 12.0. The molecule has 1 amide bonds. The highest BCUT2D eigenvalue weighted by molar-refractivity contribution is 7.88. The number of hydrogen-bond donors (Lipinski definition) is 3. The molecule has 0 aliphatic heterocycles. The summed E-state index contributed by atoms with van der Waals surface area (Å²) in [4.78, 5) is 12.2. The average molecular weight is 492 g/mol. The highest BCUT2D eigenvalue weighted by atomic mass is 35.5. The molecule has 6 nitrogen and oxygen atoms in total. The van der Waals surface area contributed by atoms with Crippen molar-refractivity contribution in [3.05, 3.63) is 70.2 Å². The maximum atomic E-state index is 12.2. The van der Waals surface area contributed by atoms with Crippen molar-refractivity contribution in [2.24, 2.45) is 5.92 Å². The first-order chi connectivity index (χ1) is 15.7. The first kappa shape index (κ1) is 25.7. The van der Waals surface area contributed by atoms with Crippen LogP contribution in [0.4, 0.5) is 0 Å². The molecule has 180 valence electrons. The Hall–Kier alpha value is -1.93. The van der Waals surface area contributed by atoms with E-state index in [1.165, 1.54) is 30.4 Å². The Morgan fingerprint density at radius 3 is 2.55 bits per heavy atom. The lowest BCUT2D eigenvalue weighted by atomic mass is 9.94. The highest BCUT2D eigenvalue weighted by Gasteiger charge is 2.25. The summed E-state index contributed by atoms with van der Waals surface area (Å²) < 4.78 is 24.5. The maximum absolute atomic E-state index is 12.2. The van der Waals surface area contributed by atoms with E-state index >= 15 is 0 Å². The molecule has 0 spiro atoms. The number of carbonyl (C=O) groups excluding carboxylic acids is 1. The van der Waals surface area contributed by atoms with Gasteiger partial charge in [0.1, 0.15) is 0 Å². The van der Waals surface area contributed by atoms with Crippen molar-refractivity contribution < 1.29 is 13.2 Å². The molecule has 2 aromatic carbocycles. The molecular formula is C25H34ClN3O3S. The van der Waals surface area contributed by atoms with Crippen LogP contribution in [0.2, 0.25) is 5.02 Å². The molecule has 3 atom stereocenters. The molecule has 0 saturated heterocycles. The quantitative estimate of drug-likeness (QED) is 0.410. The first-order valence-electron chi connectivity index (χ1n) is 11.5. The smallest absolute Gasteiger partial charge is 0.251 e. The van der Waals surface area contributed by atoms with Gasteiger partial charge in [0, 0.05) is 29.7 Å². The summed E-state index contributed by atoms with van der Waals surface area (Å²) in [6.07, 6.45) is 5.84. The lowest BCUT2D eigenvalue weighted by molar-refractivity contribution is 0.0954. The standard InChI is InChI=1S/C25H34ClN3O3S/c1-18(22-4-3-5-24(26)17-22)27-13-12-19-6-7-23(16-19)20-8-10-21(11-9-20)25(30)28-14-15-29-33(2,31)32/h3-5,8-11,17-19,23,27,29H,6-7,12-16H2,1-2H3,(H,28,30)/t18-,19?,23+/m1/s1. The van der Waals surface area contributed by atoms with Gasteiger partial charge < -0.3 is 10.6 Å². The van der Waals surface area contributed by atoms with Gasteiger partial charge >= 0.3 is 0 Å². The summed E-state index contributed by atoms with van der Waals surface area (Å²) in [7, 11) is -3.24. The van der Waals surface area contributed by atoms with E-state index in [4.69, 9.17) is 11.6 Å². The number of carbonyl (C=O) groups is 1. The number of amides is 1. The van der Waals surface area contributed by atoms with Crippen LogP contribution in [0.25, 0.3) is 0 Å². The summed E-state index contributed by atoms with van der Waals surface area (Å²) in [5, 5.41) is 7.12. The van der Waals surface area contributed by atoms with Crippen molar-refractivity contribution >= 4 is 27.5 Å². The normalized spacial score (nSPS) is 19.4. The molecule has 0 heterocycles. The minimum absolute atomic E-state index is 0.179. The minimum Gasteiger partial charge on any atom is -0.351 e. The fourth-order valence-electron chi connectivity index (χ4n) is 4.46. The van der Waals surface area contributed by atoms with Gasteiger partial charge in [-0.25, -0.2) is 13.1 Å². The fraction of sp³-hybridized carbons (Fsp3) is 0.480. The van der Waals surface area contributed by atoms with E-state index in [2.05, 4.69) is 40.5 Å². The third kappa shape index (κ3) is 8.41. The van der Waals surface area contributed by atoms with Gasteiger partial charge in [-0.2, -0.15) is 0 Å². The van der Waals surface area contributed by atoms with Gasteiger partial charge in [0.15, 0.2) is 0 Å². The van der Waals surface area contributed by atoms with Crippen molar-refractivity contribution in [2.75, 3.05) is 25.9 Å². The van der Waals surface area contributed by atoms with Gasteiger partial charge in [0.05, 0.1) is 6.26 Å². The minimum atomic E-state index is -3.24. The first-order valence-corrected chi connectivity index (χ1v) is 13.8. The van der Waals surface area contributed by atoms with Gasteiger partial charge in [-0.15, -0.1) is 0 Å². The fourth-order valence-corrected chi connectivity index (χ4v) is 5.13. The molecule has 3 rings (SSSR count). The molecule has 1 unspecified atom stereocenters. The van der Waals surface area contributed by atoms with Crippen LogP contribution in [-0.2, 0) is 10.0 Å². The van der Waals surface area contributed by atoms with Crippen LogP contribution in [0.3, 0.4) is 0 Å².